The maximum Gasteiger partial charge on any atom is 0.305 e. The van der Waals surface area contributed by atoms with E-state index in [1.54, 1.807) is 0 Å². The van der Waals surface area contributed by atoms with Crippen molar-refractivity contribution < 1.29 is 33.7 Å². The largest absolute Gasteiger partial charge is 0.469 e. The Labute approximate surface area is 216 Å². The summed E-state index contributed by atoms with van der Waals surface area (Å²) in [5.74, 6) is 0.967. The van der Waals surface area contributed by atoms with Crippen molar-refractivity contribution in [1.29, 1.82) is 0 Å². The second-order valence-electron chi connectivity index (χ2n) is 12.7. The van der Waals surface area contributed by atoms with E-state index in [1.807, 2.05) is 0 Å². The summed E-state index contributed by atoms with van der Waals surface area (Å²) in [6.07, 6.45) is 6.55. The SMILES string of the molecule is COC(=O)CC[C@@H](C)[C@H]1CC[C@H]2[C@@H]3CCC4C[C@H](OC(C)=O)CC[C@]4(C)[C@H]3[C@@H](OC(C)=O)[C@H](O)[C@]12C. The minimum absolute atomic E-state index is 0.0467. The van der Waals surface area contributed by atoms with Gasteiger partial charge in [0.05, 0.1) is 13.2 Å². The number of carbonyl (C=O) groups is 3. The molecule has 4 fully saturated rings. The van der Waals surface area contributed by atoms with E-state index in [4.69, 9.17) is 14.2 Å². The van der Waals surface area contributed by atoms with Crippen LogP contribution in [0.1, 0.15) is 92.4 Å². The molecule has 4 saturated carbocycles. The summed E-state index contributed by atoms with van der Waals surface area (Å²) in [7, 11) is 1.42. The fourth-order valence-electron chi connectivity index (χ4n) is 9.54. The maximum atomic E-state index is 12.4. The molecule has 1 unspecified atom stereocenters. The predicted molar refractivity (Wildman–Crippen MR) is 134 cm³/mol. The quantitative estimate of drug-likeness (QED) is 0.412. The Balaban J connectivity index is 1.64. The van der Waals surface area contributed by atoms with Crippen molar-refractivity contribution in [1.82, 2.24) is 0 Å². The van der Waals surface area contributed by atoms with Crippen LogP contribution in [-0.4, -0.2) is 48.4 Å². The van der Waals surface area contributed by atoms with E-state index in [0.29, 0.717) is 24.2 Å². The molecule has 0 aromatic heterocycles. The summed E-state index contributed by atoms with van der Waals surface area (Å²) in [4.78, 5) is 35.8. The lowest BCUT2D eigenvalue weighted by Crippen LogP contribution is -2.66. The normalized spacial score (nSPS) is 44.4. The van der Waals surface area contributed by atoms with Crippen molar-refractivity contribution in [2.75, 3.05) is 7.11 Å². The topological polar surface area (TPSA) is 99.1 Å². The molecule has 7 nitrogen and oxygen atoms in total. The van der Waals surface area contributed by atoms with Gasteiger partial charge in [0, 0.05) is 31.6 Å². The number of rotatable bonds is 6. The molecule has 0 aliphatic heterocycles. The van der Waals surface area contributed by atoms with Gasteiger partial charge in [-0.1, -0.05) is 20.8 Å². The Morgan fingerprint density at radius 1 is 1.00 bits per heavy atom. The van der Waals surface area contributed by atoms with E-state index in [9.17, 15) is 19.5 Å². The zero-order valence-corrected chi connectivity index (χ0v) is 23.0. The summed E-state index contributed by atoms with van der Waals surface area (Å²) in [6, 6.07) is 0. The number of hydrogen-bond acceptors (Lipinski definition) is 7. The van der Waals surface area contributed by atoms with Gasteiger partial charge < -0.3 is 19.3 Å². The van der Waals surface area contributed by atoms with Crippen LogP contribution in [0.15, 0.2) is 0 Å². The third kappa shape index (κ3) is 4.58. The molecule has 4 aliphatic rings. The van der Waals surface area contributed by atoms with Crippen LogP contribution >= 0.6 is 0 Å². The molecule has 1 N–H and O–H groups in total. The lowest BCUT2D eigenvalue weighted by atomic mass is 9.43. The third-order valence-electron chi connectivity index (χ3n) is 11.1. The average molecular weight is 507 g/mol. The molecule has 0 spiro atoms. The average Bonchev–Trinajstić information content (AvgIpc) is 3.17. The second kappa shape index (κ2) is 10.3. The summed E-state index contributed by atoms with van der Waals surface area (Å²) in [6.45, 7) is 9.66. The molecule has 0 bridgehead atoms. The number of fused-ring (bicyclic) bond motifs is 5. The maximum absolute atomic E-state index is 12.4. The fourth-order valence-corrected chi connectivity index (χ4v) is 9.54. The lowest BCUT2D eigenvalue weighted by molar-refractivity contribution is -0.242. The standard InChI is InChI=1S/C29H46O7/c1-16(7-12-24(32)34-6)22-10-11-23-21-9-8-19-15-20(35-17(2)30)13-14-28(19,4)25(21)26(36-18(3)31)27(33)29(22,23)5/h16,19-23,25-27,33H,7-15H2,1-6H3/t16-,19?,20-,21+,22-,23+,25-,26-,27+,28+,29-/m1/s1. The van der Waals surface area contributed by atoms with E-state index < -0.39 is 12.2 Å². The number of aliphatic hydroxyl groups excluding tert-OH is 1. The van der Waals surface area contributed by atoms with Gasteiger partial charge in [0.2, 0.25) is 0 Å². The Kier molecular flexibility index (Phi) is 7.81. The molecule has 204 valence electrons. The Bertz CT molecular complexity index is 857. The number of aliphatic hydroxyl groups is 1. The minimum atomic E-state index is -0.748. The highest BCUT2D eigenvalue weighted by Crippen LogP contribution is 2.69. The first-order valence-corrected chi connectivity index (χ1v) is 14.0. The second-order valence-corrected chi connectivity index (χ2v) is 12.7. The van der Waals surface area contributed by atoms with Gasteiger partial charge >= 0.3 is 17.9 Å². The molecular formula is C29H46O7. The summed E-state index contributed by atoms with van der Waals surface area (Å²) >= 11 is 0. The number of ether oxygens (including phenoxy) is 3. The first-order chi connectivity index (χ1) is 16.9. The number of carbonyl (C=O) groups excluding carboxylic acids is 3. The van der Waals surface area contributed by atoms with Crippen molar-refractivity contribution in [3.05, 3.63) is 0 Å². The molecule has 0 saturated heterocycles. The van der Waals surface area contributed by atoms with Crippen LogP contribution in [-0.2, 0) is 28.6 Å². The Morgan fingerprint density at radius 2 is 1.69 bits per heavy atom. The van der Waals surface area contributed by atoms with Crippen LogP contribution in [0.2, 0.25) is 0 Å². The van der Waals surface area contributed by atoms with Gasteiger partial charge in [-0.3, -0.25) is 14.4 Å². The van der Waals surface area contributed by atoms with Gasteiger partial charge in [-0.25, -0.2) is 0 Å². The van der Waals surface area contributed by atoms with Gasteiger partial charge in [0.1, 0.15) is 12.2 Å². The molecule has 4 rings (SSSR count). The van der Waals surface area contributed by atoms with Crippen molar-refractivity contribution in [3.8, 4) is 0 Å². The predicted octanol–water partition coefficient (Wildman–Crippen LogP) is 4.68. The van der Waals surface area contributed by atoms with Gasteiger partial charge in [-0.05, 0) is 86.4 Å². The summed E-state index contributed by atoms with van der Waals surface area (Å²) in [5.41, 5.74) is -0.439. The van der Waals surface area contributed by atoms with Crippen molar-refractivity contribution in [2.45, 2.75) is 111 Å². The lowest BCUT2D eigenvalue weighted by Gasteiger charge is -2.64. The van der Waals surface area contributed by atoms with E-state index in [2.05, 4.69) is 20.8 Å². The van der Waals surface area contributed by atoms with E-state index >= 15 is 0 Å². The highest BCUT2D eigenvalue weighted by Gasteiger charge is 2.68. The molecule has 0 aromatic carbocycles. The number of esters is 3. The molecule has 7 heteroatoms. The van der Waals surface area contributed by atoms with Crippen molar-refractivity contribution in [2.24, 2.45) is 46.3 Å². The summed E-state index contributed by atoms with van der Waals surface area (Å²) < 4.78 is 16.5. The van der Waals surface area contributed by atoms with Crippen LogP contribution in [0.4, 0.5) is 0 Å². The summed E-state index contributed by atoms with van der Waals surface area (Å²) in [5, 5.41) is 12.1. The fraction of sp³-hybridized carbons (Fsp3) is 0.897. The smallest absolute Gasteiger partial charge is 0.305 e. The van der Waals surface area contributed by atoms with Crippen LogP contribution in [0, 0.1) is 46.3 Å². The molecule has 4 aliphatic carbocycles. The highest BCUT2D eigenvalue weighted by molar-refractivity contribution is 5.69. The van der Waals surface area contributed by atoms with Crippen molar-refractivity contribution >= 4 is 17.9 Å². The van der Waals surface area contributed by atoms with Crippen LogP contribution in [0.5, 0.6) is 0 Å². The van der Waals surface area contributed by atoms with Gasteiger partial charge in [-0.2, -0.15) is 0 Å². The van der Waals surface area contributed by atoms with Crippen LogP contribution in [0.25, 0.3) is 0 Å². The first-order valence-electron chi connectivity index (χ1n) is 14.0. The van der Waals surface area contributed by atoms with Gasteiger partial charge in [-0.15, -0.1) is 0 Å². The van der Waals surface area contributed by atoms with E-state index in [-0.39, 0.29) is 52.6 Å². The van der Waals surface area contributed by atoms with Crippen molar-refractivity contribution in [3.63, 3.8) is 0 Å². The Morgan fingerprint density at radius 3 is 2.33 bits per heavy atom. The van der Waals surface area contributed by atoms with E-state index in [0.717, 1.165) is 51.4 Å². The monoisotopic (exact) mass is 506 g/mol. The molecule has 0 amide bonds. The molecule has 0 heterocycles. The molecule has 0 radical (unpaired) electrons. The van der Waals surface area contributed by atoms with Gasteiger partial charge in [0.25, 0.3) is 0 Å². The highest BCUT2D eigenvalue weighted by atomic mass is 16.6. The third-order valence-corrected chi connectivity index (χ3v) is 11.1. The molecule has 11 atom stereocenters. The zero-order valence-electron chi connectivity index (χ0n) is 23.0. The minimum Gasteiger partial charge on any atom is -0.469 e. The van der Waals surface area contributed by atoms with Gasteiger partial charge in [0.15, 0.2) is 0 Å². The Hall–Kier alpha value is -1.63. The molecule has 0 aromatic rings. The van der Waals surface area contributed by atoms with Crippen LogP contribution in [0.3, 0.4) is 0 Å². The first kappa shape index (κ1) is 27.4. The van der Waals surface area contributed by atoms with E-state index in [1.165, 1.54) is 21.0 Å². The number of hydrogen-bond donors (Lipinski definition) is 1. The van der Waals surface area contributed by atoms with Crippen LogP contribution < -0.4 is 0 Å². The molecular weight excluding hydrogens is 460 g/mol. The number of methoxy groups -OCH3 is 1. The zero-order chi connectivity index (χ0) is 26.4. The molecule has 36 heavy (non-hydrogen) atoms.